The Bertz CT molecular complexity index is 786. The van der Waals surface area contributed by atoms with Crippen LogP contribution in [-0.2, 0) is 0 Å². The number of anilines is 1. The highest BCUT2D eigenvalue weighted by molar-refractivity contribution is 6.33. The molecule has 1 heterocycles. The summed E-state index contributed by atoms with van der Waals surface area (Å²) < 4.78 is 0. The third-order valence-electron chi connectivity index (χ3n) is 3.11. The Morgan fingerprint density at radius 1 is 1.10 bits per heavy atom. The first-order valence-electron chi connectivity index (χ1n) is 6.19. The van der Waals surface area contributed by atoms with Crippen molar-refractivity contribution in [3.8, 4) is 11.4 Å². The van der Waals surface area contributed by atoms with Crippen molar-refractivity contribution in [3.05, 3.63) is 53.1 Å². The van der Waals surface area contributed by atoms with Crippen molar-refractivity contribution in [3.63, 3.8) is 0 Å². The Balaban J connectivity index is 2.26. The van der Waals surface area contributed by atoms with Crippen LogP contribution in [0.15, 0.2) is 42.5 Å². The average molecular weight is 285 g/mol. The van der Waals surface area contributed by atoms with Crippen LogP contribution in [0.4, 0.5) is 5.82 Å². The normalized spacial score (nSPS) is 10.8. The number of nitrogens with one attached hydrogen (secondary N) is 1. The monoisotopic (exact) mass is 284 g/mol. The number of halogens is 1. The summed E-state index contributed by atoms with van der Waals surface area (Å²) in [6.07, 6.45) is 0. The van der Waals surface area contributed by atoms with Gasteiger partial charge in [0, 0.05) is 10.9 Å². The van der Waals surface area contributed by atoms with E-state index in [1.54, 1.807) is 0 Å². The zero-order valence-electron chi connectivity index (χ0n) is 10.9. The molecule has 0 fully saturated rings. The van der Waals surface area contributed by atoms with Crippen molar-refractivity contribution in [2.75, 3.05) is 5.43 Å². The molecule has 3 aromatic rings. The van der Waals surface area contributed by atoms with Crippen molar-refractivity contribution >= 4 is 28.3 Å². The molecule has 0 radical (unpaired) electrons. The Kier molecular flexibility index (Phi) is 3.26. The topological polar surface area (TPSA) is 63.8 Å². The summed E-state index contributed by atoms with van der Waals surface area (Å²) in [5, 5.41) is 1.50. The number of nitrogens with zero attached hydrogens (tertiary/aromatic N) is 2. The fourth-order valence-corrected chi connectivity index (χ4v) is 2.43. The summed E-state index contributed by atoms with van der Waals surface area (Å²) in [6.45, 7) is 1.99. The Morgan fingerprint density at radius 3 is 2.65 bits per heavy atom. The van der Waals surface area contributed by atoms with E-state index in [2.05, 4.69) is 15.4 Å². The largest absolute Gasteiger partial charge is 0.308 e. The molecular formula is C15H13ClN4. The van der Waals surface area contributed by atoms with E-state index < -0.39 is 0 Å². The summed E-state index contributed by atoms with van der Waals surface area (Å²) in [5.74, 6) is 6.69. The maximum Gasteiger partial charge on any atom is 0.163 e. The molecule has 0 bridgehead atoms. The molecule has 3 N–H and O–H groups in total. The molecular weight excluding hydrogens is 272 g/mol. The number of nitrogen functional groups attached to an aromatic ring is 1. The van der Waals surface area contributed by atoms with E-state index >= 15 is 0 Å². The lowest BCUT2D eigenvalue weighted by atomic mass is 10.1. The molecule has 3 rings (SSSR count). The summed E-state index contributed by atoms with van der Waals surface area (Å²) >= 11 is 6.28. The molecule has 2 aromatic carbocycles. The van der Waals surface area contributed by atoms with Crippen LogP contribution >= 0.6 is 11.6 Å². The maximum absolute atomic E-state index is 6.28. The molecule has 1 aromatic heterocycles. The first kappa shape index (κ1) is 12.8. The SMILES string of the molecule is Cc1ccc(-c2nc(NN)c3ccccc3n2)c(Cl)c1. The third-order valence-corrected chi connectivity index (χ3v) is 3.42. The number of hydrogen-bond donors (Lipinski definition) is 2. The van der Waals surface area contributed by atoms with Gasteiger partial charge in [-0.2, -0.15) is 0 Å². The quantitative estimate of drug-likeness (QED) is 0.558. The van der Waals surface area contributed by atoms with Gasteiger partial charge in [0.1, 0.15) is 0 Å². The molecule has 100 valence electrons. The molecule has 0 amide bonds. The molecule has 5 heteroatoms. The number of aromatic nitrogens is 2. The Morgan fingerprint density at radius 2 is 1.90 bits per heavy atom. The van der Waals surface area contributed by atoms with Crippen LogP contribution in [0.5, 0.6) is 0 Å². The van der Waals surface area contributed by atoms with Crippen LogP contribution in [-0.4, -0.2) is 9.97 Å². The summed E-state index contributed by atoms with van der Waals surface area (Å²) in [4.78, 5) is 9.00. The smallest absolute Gasteiger partial charge is 0.163 e. The van der Waals surface area contributed by atoms with Gasteiger partial charge in [0.25, 0.3) is 0 Å². The van der Waals surface area contributed by atoms with Crippen molar-refractivity contribution in [1.29, 1.82) is 0 Å². The van der Waals surface area contributed by atoms with E-state index in [1.807, 2.05) is 49.4 Å². The first-order chi connectivity index (χ1) is 9.69. The van der Waals surface area contributed by atoms with Crippen molar-refractivity contribution in [2.24, 2.45) is 5.84 Å². The molecule has 4 nitrogen and oxygen atoms in total. The van der Waals surface area contributed by atoms with Gasteiger partial charge in [-0.25, -0.2) is 15.8 Å². The maximum atomic E-state index is 6.28. The molecule has 0 aliphatic carbocycles. The van der Waals surface area contributed by atoms with E-state index in [-0.39, 0.29) is 0 Å². The molecule has 0 saturated carbocycles. The molecule has 0 spiro atoms. The zero-order chi connectivity index (χ0) is 14.1. The average Bonchev–Trinajstić information content (AvgIpc) is 2.46. The first-order valence-corrected chi connectivity index (χ1v) is 6.57. The number of hydrazine groups is 1. The Labute approximate surface area is 121 Å². The number of benzene rings is 2. The molecule has 0 atom stereocenters. The van der Waals surface area contributed by atoms with Crippen molar-refractivity contribution < 1.29 is 0 Å². The minimum atomic E-state index is 0.557. The van der Waals surface area contributed by atoms with E-state index in [1.165, 1.54) is 0 Å². The number of rotatable bonds is 2. The summed E-state index contributed by atoms with van der Waals surface area (Å²) in [5.41, 5.74) is 5.32. The van der Waals surface area contributed by atoms with Gasteiger partial charge in [0.15, 0.2) is 11.6 Å². The minimum Gasteiger partial charge on any atom is -0.308 e. The molecule has 20 heavy (non-hydrogen) atoms. The zero-order valence-corrected chi connectivity index (χ0v) is 11.6. The van der Waals surface area contributed by atoms with Crippen LogP contribution < -0.4 is 11.3 Å². The molecule has 0 aliphatic heterocycles. The lowest BCUT2D eigenvalue weighted by Gasteiger charge is -2.09. The van der Waals surface area contributed by atoms with Gasteiger partial charge >= 0.3 is 0 Å². The number of fused-ring (bicyclic) bond motifs is 1. The highest BCUT2D eigenvalue weighted by Gasteiger charge is 2.11. The number of para-hydroxylation sites is 1. The fourth-order valence-electron chi connectivity index (χ4n) is 2.11. The highest BCUT2D eigenvalue weighted by atomic mass is 35.5. The fraction of sp³-hybridized carbons (Fsp3) is 0.0667. The predicted octanol–water partition coefficient (Wildman–Crippen LogP) is 3.54. The summed E-state index contributed by atoms with van der Waals surface area (Å²) in [7, 11) is 0. The predicted molar refractivity (Wildman–Crippen MR) is 82.5 cm³/mol. The van der Waals surface area contributed by atoms with Crippen LogP contribution in [0.1, 0.15) is 5.56 Å². The summed E-state index contributed by atoms with van der Waals surface area (Å²) in [6, 6.07) is 13.5. The van der Waals surface area contributed by atoms with E-state index in [0.29, 0.717) is 16.7 Å². The second kappa shape index (κ2) is 5.07. The van der Waals surface area contributed by atoms with Crippen molar-refractivity contribution in [1.82, 2.24) is 9.97 Å². The van der Waals surface area contributed by atoms with Crippen LogP contribution in [0.2, 0.25) is 5.02 Å². The molecule has 0 unspecified atom stereocenters. The van der Waals surface area contributed by atoms with E-state index in [4.69, 9.17) is 17.4 Å². The van der Waals surface area contributed by atoms with Crippen LogP contribution in [0, 0.1) is 6.92 Å². The van der Waals surface area contributed by atoms with Gasteiger partial charge in [0.2, 0.25) is 0 Å². The number of hydrogen-bond acceptors (Lipinski definition) is 4. The van der Waals surface area contributed by atoms with E-state index in [0.717, 1.165) is 22.0 Å². The standard InChI is InChI=1S/C15H13ClN4/c1-9-6-7-10(12(16)8-9)14-18-13-5-3-2-4-11(13)15(19-14)20-17/h2-8H,17H2,1H3,(H,18,19,20). The second-order valence-corrected chi connectivity index (χ2v) is 4.95. The third kappa shape index (κ3) is 2.19. The minimum absolute atomic E-state index is 0.557. The number of aryl methyl sites for hydroxylation is 1. The van der Waals surface area contributed by atoms with Crippen molar-refractivity contribution in [2.45, 2.75) is 6.92 Å². The van der Waals surface area contributed by atoms with Crippen LogP contribution in [0.3, 0.4) is 0 Å². The van der Waals surface area contributed by atoms with Gasteiger partial charge in [-0.3, -0.25) is 0 Å². The van der Waals surface area contributed by atoms with E-state index in [9.17, 15) is 0 Å². The van der Waals surface area contributed by atoms with Crippen LogP contribution in [0.25, 0.3) is 22.3 Å². The van der Waals surface area contributed by atoms with Gasteiger partial charge in [-0.15, -0.1) is 0 Å². The molecule has 0 saturated heterocycles. The Hall–Kier alpha value is -2.17. The number of nitrogens with two attached hydrogens (primary N) is 1. The molecule has 0 aliphatic rings. The second-order valence-electron chi connectivity index (χ2n) is 4.54. The van der Waals surface area contributed by atoms with Gasteiger partial charge < -0.3 is 5.43 Å². The van der Waals surface area contributed by atoms with Gasteiger partial charge in [-0.05, 0) is 36.8 Å². The lowest BCUT2D eigenvalue weighted by molar-refractivity contribution is 1.19. The lowest BCUT2D eigenvalue weighted by Crippen LogP contribution is -2.10. The van der Waals surface area contributed by atoms with Gasteiger partial charge in [0.05, 0.1) is 10.5 Å². The highest BCUT2D eigenvalue weighted by Crippen LogP contribution is 2.29. The van der Waals surface area contributed by atoms with Gasteiger partial charge in [-0.1, -0.05) is 29.8 Å².